The lowest BCUT2D eigenvalue weighted by molar-refractivity contribution is 0.379. The third kappa shape index (κ3) is 5.25. The Morgan fingerprint density at radius 2 is 1.84 bits per heavy atom. The Morgan fingerprint density at radius 3 is 2.42 bits per heavy atom. The first-order chi connectivity index (χ1) is 9.23. The van der Waals surface area contributed by atoms with Crippen LogP contribution in [0.1, 0.15) is 46.0 Å². The monoisotopic (exact) mass is 268 g/mol. The molecule has 0 bridgehead atoms. The smallest absolute Gasteiger partial charge is 0.322 e. The van der Waals surface area contributed by atoms with Gasteiger partial charge in [0, 0.05) is 6.04 Å². The molecule has 0 saturated carbocycles. The largest absolute Gasteiger partial charge is 0.467 e. The number of nitrogen functional groups attached to an aromatic ring is 1. The average Bonchev–Trinajstić information content (AvgIpc) is 2.44. The highest BCUT2D eigenvalue weighted by Crippen LogP contribution is 2.15. The average molecular weight is 268 g/mol. The summed E-state index contributed by atoms with van der Waals surface area (Å²) in [5, 5.41) is 3.33. The lowest BCUT2D eigenvalue weighted by atomic mass is 10.1. The fraction of sp³-hybridized carbons (Fsp3) is 0.750. The van der Waals surface area contributed by atoms with Gasteiger partial charge < -0.3 is 10.1 Å². The highest BCUT2D eigenvalue weighted by molar-refractivity contribution is 5.35. The molecule has 0 saturated heterocycles. The molecule has 0 amide bonds. The van der Waals surface area contributed by atoms with Crippen molar-refractivity contribution in [3.05, 3.63) is 0 Å². The number of hydrazine groups is 1. The van der Waals surface area contributed by atoms with E-state index in [9.17, 15) is 0 Å². The zero-order chi connectivity index (χ0) is 14.1. The molecule has 108 valence electrons. The van der Waals surface area contributed by atoms with Crippen molar-refractivity contribution in [3.8, 4) is 6.01 Å². The SMILES string of the molecule is CCCCC(CCC)Nc1nc(NN)nc(OC)n1. The van der Waals surface area contributed by atoms with Gasteiger partial charge in [0.1, 0.15) is 0 Å². The first-order valence-corrected chi connectivity index (χ1v) is 6.76. The lowest BCUT2D eigenvalue weighted by Gasteiger charge is -2.18. The fourth-order valence-corrected chi connectivity index (χ4v) is 1.85. The van der Waals surface area contributed by atoms with Crippen LogP contribution >= 0.6 is 0 Å². The van der Waals surface area contributed by atoms with Crippen LogP contribution < -0.4 is 21.3 Å². The molecule has 1 heterocycles. The van der Waals surface area contributed by atoms with Crippen molar-refractivity contribution in [2.24, 2.45) is 5.84 Å². The van der Waals surface area contributed by atoms with Crippen molar-refractivity contribution in [1.29, 1.82) is 0 Å². The topological polar surface area (TPSA) is 98.0 Å². The van der Waals surface area contributed by atoms with Crippen molar-refractivity contribution in [1.82, 2.24) is 15.0 Å². The molecule has 0 spiro atoms. The Labute approximate surface area is 114 Å². The second-order valence-corrected chi connectivity index (χ2v) is 4.39. The lowest BCUT2D eigenvalue weighted by Crippen LogP contribution is -2.22. The molecule has 4 N–H and O–H groups in total. The van der Waals surface area contributed by atoms with Gasteiger partial charge >= 0.3 is 6.01 Å². The summed E-state index contributed by atoms with van der Waals surface area (Å²) in [6.45, 7) is 4.35. The predicted molar refractivity (Wildman–Crippen MR) is 76.0 cm³/mol. The Bertz CT molecular complexity index is 351. The van der Waals surface area contributed by atoms with E-state index in [-0.39, 0.29) is 6.01 Å². The molecule has 0 aliphatic carbocycles. The molecule has 7 heteroatoms. The fourth-order valence-electron chi connectivity index (χ4n) is 1.85. The Morgan fingerprint density at radius 1 is 1.11 bits per heavy atom. The first-order valence-electron chi connectivity index (χ1n) is 6.76. The van der Waals surface area contributed by atoms with E-state index in [0.717, 1.165) is 19.3 Å². The van der Waals surface area contributed by atoms with E-state index < -0.39 is 0 Å². The van der Waals surface area contributed by atoms with E-state index in [2.05, 4.69) is 39.5 Å². The number of ether oxygens (including phenoxy) is 1. The predicted octanol–water partition coefficient (Wildman–Crippen LogP) is 1.94. The summed E-state index contributed by atoms with van der Waals surface area (Å²) in [7, 11) is 1.51. The van der Waals surface area contributed by atoms with Crippen LogP contribution in [0, 0.1) is 0 Å². The van der Waals surface area contributed by atoms with E-state index in [1.807, 2.05) is 0 Å². The summed E-state index contributed by atoms with van der Waals surface area (Å²) in [5.74, 6) is 6.11. The quantitative estimate of drug-likeness (QED) is 0.465. The molecule has 0 radical (unpaired) electrons. The molecule has 1 rings (SSSR count). The van der Waals surface area contributed by atoms with E-state index in [4.69, 9.17) is 10.6 Å². The molecule has 1 aromatic heterocycles. The molecule has 0 aromatic carbocycles. The van der Waals surface area contributed by atoms with Gasteiger partial charge in [-0.25, -0.2) is 5.84 Å². The minimum Gasteiger partial charge on any atom is -0.467 e. The number of nitrogens with two attached hydrogens (primary N) is 1. The summed E-state index contributed by atoms with van der Waals surface area (Å²) < 4.78 is 5.02. The molecule has 1 unspecified atom stereocenters. The highest BCUT2D eigenvalue weighted by atomic mass is 16.5. The number of hydrogen-bond donors (Lipinski definition) is 3. The van der Waals surface area contributed by atoms with Crippen LogP contribution in [-0.4, -0.2) is 28.1 Å². The molecular weight excluding hydrogens is 244 g/mol. The highest BCUT2D eigenvalue weighted by Gasteiger charge is 2.11. The van der Waals surface area contributed by atoms with E-state index >= 15 is 0 Å². The maximum Gasteiger partial charge on any atom is 0.322 e. The second kappa shape index (κ2) is 8.47. The van der Waals surface area contributed by atoms with Crippen molar-refractivity contribution in [2.75, 3.05) is 17.9 Å². The minimum atomic E-state index is 0.246. The Kier molecular flexibility index (Phi) is 6.88. The standard InChI is InChI=1S/C12H24N6O/c1-4-6-8-9(7-5-2)14-10-15-11(18-13)17-12(16-10)19-3/h9H,4-8,13H2,1-3H3,(H2,14,15,16,17,18). The van der Waals surface area contributed by atoms with Crippen molar-refractivity contribution in [3.63, 3.8) is 0 Å². The number of rotatable bonds is 9. The van der Waals surface area contributed by atoms with E-state index in [1.165, 1.54) is 20.0 Å². The number of aromatic nitrogens is 3. The Hall–Kier alpha value is -1.63. The minimum absolute atomic E-state index is 0.246. The summed E-state index contributed by atoms with van der Waals surface area (Å²) in [4.78, 5) is 12.3. The van der Waals surface area contributed by atoms with Crippen LogP contribution in [0.2, 0.25) is 0 Å². The second-order valence-electron chi connectivity index (χ2n) is 4.39. The summed E-state index contributed by atoms with van der Waals surface area (Å²) >= 11 is 0. The molecule has 0 aliphatic rings. The maximum atomic E-state index is 5.33. The third-order valence-corrected chi connectivity index (χ3v) is 2.80. The number of unbranched alkanes of at least 4 members (excludes halogenated alkanes) is 1. The molecule has 0 aliphatic heterocycles. The molecule has 0 fully saturated rings. The number of methoxy groups -OCH3 is 1. The van der Waals surface area contributed by atoms with Crippen LogP contribution in [-0.2, 0) is 0 Å². The van der Waals surface area contributed by atoms with Gasteiger partial charge in [-0.15, -0.1) is 0 Å². The van der Waals surface area contributed by atoms with Crippen LogP contribution in [0.3, 0.4) is 0 Å². The van der Waals surface area contributed by atoms with Crippen LogP contribution in [0.15, 0.2) is 0 Å². The molecule has 1 aromatic rings. The summed E-state index contributed by atoms with van der Waals surface area (Å²) in [6, 6.07) is 0.610. The normalized spacial score (nSPS) is 12.0. The maximum absolute atomic E-state index is 5.33. The molecule has 7 nitrogen and oxygen atoms in total. The van der Waals surface area contributed by atoms with Gasteiger partial charge in [0.05, 0.1) is 7.11 Å². The Balaban J connectivity index is 2.76. The van der Waals surface area contributed by atoms with Crippen molar-refractivity contribution >= 4 is 11.9 Å². The van der Waals surface area contributed by atoms with Crippen molar-refractivity contribution in [2.45, 2.75) is 52.0 Å². The van der Waals surface area contributed by atoms with Gasteiger partial charge in [-0.3, -0.25) is 5.43 Å². The number of hydrogen-bond acceptors (Lipinski definition) is 7. The number of nitrogens with one attached hydrogen (secondary N) is 2. The van der Waals surface area contributed by atoms with Gasteiger partial charge in [0.2, 0.25) is 11.9 Å². The van der Waals surface area contributed by atoms with Crippen LogP contribution in [0.5, 0.6) is 6.01 Å². The van der Waals surface area contributed by atoms with Gasteiger partial charge in [0.15, 0.2) is 0 Å². The van der Waals surface area contributed by atoms with Gasteiger partial charge in [-0.05, 0) is 12.8 Å². The van der Waals surface area contributed by atoms with Gasteiger partial charge in [-0.2, -0.15) is 15.0 Å². The number of nitrogens with zero attached hydrogens (tertiary/aromatic N) is 3. The van der Waals surface area contributed by atoms with Crippen LogP contribution in [0.4, 0.5) is 11.9 Å². The summed E-state index contributed by atoms with van der Waals surface area (Å²) in [5.41, 5.74) is 2.41. The van der Waals surface area contributed by atoms with Gasteiger partial charge in [-0.1, -0.05) is 33.1 Å². The first kappa shape index (κ1) is 15.4. The zero-order valence-electron chi connectivity index (χ0n) is 11.9. The van der Waals surface area contributed by atoms with E-state index in [1.54, 1.807) is 0 Å². The third-order valence-electron chi connectivity index (χ3n) is 2.80. The number of anilines is 2. The van der Waals surface area contributed by atoms with E-state index in [0.29, 0.717) is 17.9 Å². The molecule has 19 heavy (non-hydrogen) atoms. The zero-order valence-corrected chi connectivity index (χ0v) is 11.9. The molecular formula is C12H24N6O. The van der Waals surface area contributed by atoms with Crippen molar-refractivity contribution < 1.29 is 4.74 Å². The van der Waals surface area contributed by atoms with Crippen LogP contribution in [0.25, 0.3) is 0 Å². The van der Waals surface area contributed by atoms with Gasteiger partial charge in [0.25, 0.3) is 0 Å². The molecule has 1 atom stereocenters. The summed E-state index contributed by atoms with van der Waals surface area (Å²) in [6.07, 6.45) is 5.66.